The lowest BCUT2D eigenvalue weighted by atomic mass is 10.2. The summed E-state index contributed by atoms with van der Waals surface area (Å²) < 4.78 is 4.77. The molecule has 0 bridgehead atoms. The second kappa shape index (κ2) is 8.27. The number of aliphatic hydroxyl groups is 1. The zero-order valence-electron chi connectivity index (χ0n) is 13.9. The smallest absolute Gasteiger partial charge is 0.257 e. The maximum absolute atomic E-state index is 12.6. The van der Waals surface area contributed by atoms with Crippen LogP contribution in [0, 0.1) is 0 Å². The Labute approximate surface area is 160 Å². The first-order valence-electron chi connectivity index (χ1n) is 7.75. The van der Waals surface area contributed by atoms with Crippen LogP contribution in [-0.2, 0) is 6.61 Å². The number of hydrogen-bond donors (Lipinski definition) is 3. The van der Waals surface area contributed by atoms with E-state index in [9.17, 15) is 9.90 Å². The number of hydrogen-bond acceptors (Lipinski definition) is 5. The van der Waals surface area contributed by atoms with Gasteiger partial charge in [-0.2, -0.15) is 0 Å². The van der Waals surface area contributed by atoms with E-state index in [1.54, 1.807) is 53.4 Å². The third kappa shape index (κ3) is 4.19. The van der Waals surface area contributed by atoms with E-state index in [0.717, 1.165) is 5.69 Å². The average molecular weight is 389 g/mol. The number of anilines is 2. The fourth-order valence-electron chi connectivity index (χ4n) is 2.51. The van der Waals surface area contributed by atoms with Crippen LogP contribution in [0.2, 0.25) is 5.02 Å². The summed E-state index contributed by atoms with van der Waals surface area (Å²) >= 11 is 7.53. The molecule has 6 nitrogen and oxygen atoms in total. The van der Waals surface area contributed by atoms with Crippen molar-refractivity contribution in [3.05, 3.63) is 71.1 Å². The van der Waals surface area contributed by atoms with Gasteiger partial charge in [0.1, 0.15) is 5.82 Å². The van der Waals surface area contributed by atoms with Gasteiger partial charge in [-0.05, 0) is 36.4 Å². The largest absolute Gasteiger partial charge is 0.390 e. The molecule has 0 unspecified atom stereocenters. The zero-order chi connectivity index (χ0) is 18.5. The highest BCUT2D eigenvalue weighted by molar-refractivity contribution is 7.99. The van der Waals surface area contributed by atoms with Crippen LogP contribution >= 0.6 is 23.5 Å². The molecular weight excluding hydrogens is 372 g/mol. The van der Waals surface area contributed by atoms with Gasteiger partial charge in [-0.1, -0.05) is 29.6 Å². The molecule has 0 saturated carbocycles. The Morgan fingerprint density at radius 3 is 2.77 bits per heavy atom. The van der Waals surface area contributed by atoms with Gasteiger partial charge in [-0.3, -0.25) is 4.79 Å². The number of nitrogens with one attached hydrogen (secondary N) is 2. The molecule has 0 aliphatic carbocycles. The summed E-state index contributed by atoms with van der Waals surface area (Å²) in [6.07, 6.45) is 5.20. The van der Waals surface area contributed by atoms with E-state index >= 15 is 0 Å². The molecule has 26 heavy (non-hydrogen) atoms. The Morgan fingerprint density at radius 1 is 1.27 bits per heavy atom. The van der Waals surface area contributed by atoms with Gasteiger partial charge < -0.3 is 19.7 Å². The molecule has 0 saturated heterocycles. The number of nitrogens with zero attached hydrogens (tertiary/aromatic N) is 2. The number of carbonyl (C=O) groups excluding carboxylic acids is 1. The van der Waals surface area contributed by atoms with E-state index in [-0.39, 0.29) is 12.5 Å². The first-order valence-corrected chi connectivity index (χ1v) is 9.35. The van der Waals surface area contributed by atoms with Gasteiger partial charge in [0.05, 0.1) is 17.9 Å². The van der Waals surface area contributed by atoms with Crippen LogP contribution in [0.25, 0.3) is 5.82 Å². The molecule has 8 heteroatoms. The van der Waals surface area contributed by atoms with Gasteiger partial charge in [-0.25, -0.2) is 4.98 Å². The highest BCUT2D eigenvalue weighted by Crippen LogP contribution is 2.25. The van der Waals surface area contributed by atoms with Crippen LogP contribution in [0.1, 0.15) is 16.1 Å². The molecule has 0 spiro atoms. The number of carbonyl (C=O) groups is 1. The van der Waals surface area contributed by atoms with Gasteiger partial charge in [0.25, 0.3) is 5.91 Å². The molecule has 3 rings (SSSR count). The quantitative estimate of drug-likeness (QED) is 0.557. The lowest BCUT2D eigenvalue weighted by Gasteiger charge is -2.08. The Kier molecular flexibility index (Phi) is 5.82. The van der Waals surface area contributed by atoms with Crippen molar-refractivity contribution in [2.75, 3.05) is 16.3 Å². The third-order valence-corrected chi connectivity index (χ3v) is 4.25. The van der Waals surface area contributed by atoms with Gasteiger partial charge in [0.15, 0.2) is 0 Å². The van der Waals surface area contributed by atoms with E-state index in [2.05, 4.69) is 15.0 Å². The van der Waals surface area contributed by atoms with Crippen LogP contribution in [0.4, 0.5) is 11.4 Å². The predicted molar refractivity (Wildman–Crippen MR) is 106 cm³/mol. The molecular formula is C18H17ClN4O2S. The zero-order valence-corrected chi connectivity index (χ0v) is 15.5. The monoisotopic (exact) mass is 388 g/mol. The van der Waals surface area contributed by atoms with Crippen molar-refractivity contribution in [1.82, 2.24) is 9.55 Å². The maximum Gasteiger partial charge on any atom is 0.257 e. The Bertz CT molecular complexity index is 915. The molecule has 0 atom stereocenters. The molecule has 0 aliphatic heterocycles. The van der Waals surface area contributed by atoms with Crippen molar-refractivity contribution >= 4 is 40.8 Å². The third-order valence-electron chi connectivity index (χ3n) is 3.60. The van der Waals surface area contributed by atoms with Gasteiger partial charge >= 0.3 is 0 Å². The molecule has 1 aromatic carbocycles. The standard InChI is InChI=1S/C18H17ClN4O2S/c1-26-22-15-8-13(19)7-14(9-15)21-18(25)12-6-16(11-24)23(10-12)17-4-2-3-5-20-17/h2-10,22,24H,11H2,1H3,(H,21,25). The average Bonchev–Trinajstić information content (AvgIpc) is 3.07. The molecule has 0 fully saturated rings. The Morgan fingerprint density at radius 2 is 2.08 bits per heavy atom. The second-order valence-electron chi connectivity index (χ2n) is 5.43. The summed E-state index contributed by atoms with van der Waals surface area (Å²) in [5.41, 5.74) is 2.36. The Balaban J connectivity index is 1.86. The van der Waals surface area contributed by atoms with E-state index < -0.39 is 0 Å². The number of halogens is 1. The summed E-state index contributed by atoms with van der Waals surface area (Å²) in [6.45, 7) is -0.206. The molecule has 2 aromatic heterocycles. The lowest BCUT2D eigenvalue weighted by molar-refractivity contribution is 0.102. The number of aliphatic hydroxyl groups excluding tert-OH is 1. The summed E-state index contributed by atoms with van der Waals surface area (Å²) in [7, 11) is 0. The molecule has 1 amide bonds. The van der Waals surface area contributed by atoms with Crippen LogP contribution < -0.4 is 10.0 Å². The fraction of sp³-hybridized carbons (Fsp3) is 0.111. The summed E-state index contributed by atoms with van der Waals surface area (Å²) in [4.78, 5) is 16.9. The van der Waals surface area contributed by atoms with Crippen LogP contribution in [0.5, 0.6) is 0 Å². The van der Waals surface area contributed by atoms with Crippen molar-refractivity contribution in [2.24, 2.45) is 0 Å². The first-order chi connectivity index (χ1) is 12.6. The van der Waals surface area contributed by atoms with E-state index in [1.807, 2.05) is 12.3 Å². The highest BCUT2D eigenvalue weighted by Gasteiger charge is 2.14. The maximum atomic E-state index is 12.6. The van der Waals surface area contributed by atoms with Crippen LogP contribution in [-0.4, -0.2) is 26.8 Å². The normalized spacial score (nSPS) is 10.6. The van der Waals surface area contributed by atoms with E-state index in [0.29, 0.717) is 27.8 Å². The predicted octanol–water partition coefficient (Wildman–Crippen LogP) is 3.96. The summed E-state index contributed by atoms with van der Waals surface area (Å²) in [5, 5.41) is 12.9. The molecule has 3 N–H and O–H groups in total. The lowest BCUT2D eigenvalue weighted by Crippen LogP contribution is -2.11. The molecule has 0 aliphatic rings. The van der Waals surface area contributed by atoms with Gasteiger partial charge in [0.2, 0.25) is 0 Å². The first kappa shape index (κ1) is 18.3. The number of rotatable bonds is 6. The number of pyridine rings is 1. The van der Waals surface area contributed by atoms with Crippen molar-refractivity contribution in [1.29, 1.82) is 0 Å². The van der Waals surface area contributed by atoms with E-state index in [4.69, 9.17) is 11.6 Å². The molecule has 2 heterocycles. The number of amides is 1. The Hall–Kier alpha value is -2.48. The topological polar surface area (TPSA) is 79.2 Å². The van der Waals surface area contributed by atoms with Crippen LogP contribution in [0.3, 0.4) is 0 Å². The van der Waals surface area contributed by atoms with Gasteiger partial charge in [-0.15, -0.1) is 0 Å². The SMILES string of the molecule is CSNc1cc(Cl)cc(NC(=O)c2cc(CO)n(-c3ccccn3)c2)c1. The highest BCUT2D eigenvalue weighted by atomic mass is 35.5. The summed E-state index contributed by atoms with van der Waals surface area (Å²) in [5.74, 6) is 0.330. The minimum atomic E-state index is -0.299. The second-order valence-corrected chi connectivity index (χ2v) is 6.47. The van der Waals surface area contributed by atoms with Crippen molar-refractivity contribution in [3.8, 4) is 5.82 Å². The molecule has 134 valence electrons. The van der Waals surface area contributed by atoms with Crippen LogP contribution in [0.15, 0.2) is 54.9 Å². The van der Waals surface area contributed by atoms with Crippen molar-refractivity contribution in [3.63, 3.8) is 0 Å². The van der Waals surface area contributed by atoms with E-state index in [1.165, 1.54) is 11.9 Å². The van der Waals surface area contributed by atoms with Crippen molar-refractivity contribution in [2.45, 2.75) is 6.61 Å². The molecule has 3 aromatic rings. The number of aromatic nitrogens is 2. The summed E-state index contributed by atoms with van der Waals surface area (Å²) in [6, 6.07) is 12.3. The molecule has 0 radical (unpaired) electrons. The van der Waals surface area contributed by atoms with Gasteiger partial charge in [0, 0.05) is 35.0 Å². The number of benzene rings is 1. The minimum Gasteiger partial charge on any atom is -0.390 e. The van der Waals surface area contributed by atoms with Crippen molar-refractivity contribution < 1.29 is 9.90 Å². The fourth-order valence-corrected chi connectivity index (χ4v) is 3.09. The minimum absolute atomic E-state index is 0.206.